The molecule has 0 amide bonds. The summed E-state index contributed by atoms with van der Waals surface area (Å²) in [5.74, 6) is 0.166. The van der Waals surface area contributed by atoms with Crippen molar-refractivity contribution in [2.75, 3.05) is 0 Å². The van der Waals surface area contributed by atoms with Gasteiger partial charge in [-0.3, -0.25) is 9.59 Å². The van der Waals surface area contributed by atoms with Crippen LogP contribution in [0.15, 0.2) is 27.9 Å². The lowest BCUT2D eigenvalue weighted by Crippen LogP contribution is -2.24. The molecular formula is C16H12F3N3O2S. The molecule has 1 aliphatic rings. The van der Waals surface area contributed by atoms with Crippen LogP contribution in [-0.4, -0.2) is 14.5 Å². The van der Waals surface area contributed by atoms with Crippen LogP contribution >= 0.6 is 11.3 Å². The zero-order chi connectivity index (χ0) is 17.8. The van der Waals surface area contributed by atoms with Gasteiger partial charge in [0.1, 0.15) is 10.7 Å². The number of nitrogens with one attached hydrogen (secondary N) is 1. The van der Waals surface area contributed by atoms with E-state index in [1.807, 2.05) is 0 Å². The molecule has 3 heterocycles. The van der Waals surface area contributed by atoms with Crippen LogP contribution in [0.1, 0.15) is 28.2 Å². The number of hydrogen-bond donors (Lipinski definition) is 1. The molecule has 3 aromatic rings. The van der Waals surface area contributed by atoms with Crippen LogP contribution in [0, 0.1) is 0 Å². The van der Waals surface area contributed by atoms with Crippen LogP contribution < -0.4 is 11.1 Å². The highest BCUT2D eigenvalue weighted by Gasteiger charge is 2.31. The maximum atomic E-state index is 12.8. The number of thiophene rings is 1. The molecule has 0 atom stereocenters. The lowest BCUT2D eigenvalue weighted by Gasteiger charge is -2.10. The minimum atomic E-state index is -4.55. The van der Waals surface area contributed by atoms with Crippen molar-refractivity contribution in [1.82, 2.24) is 14.5 Å². The lowest BCUT2D eigenvalue weighted by molar-refractivity contribution is -0.138. The van der Waals surface area contributed by atoms with Crippen LogP contribution in [-0.2, 0) is 25.6 Å². The number of aryl methyl sites for hydroxylation is 2. The lowest BCUT2D eigenvalue weighted by atomic mass is 10.2. The van der Waals surface area contributed by atoms with E-state index >= 15 is 0 Å². The van der Waals surface area contributed by atoms with E-state index in [4.69, 9.17) is 0 Å². The van der Waals surface area contributed by atoms with Crippen LogP contribution in [0.25, 0.3) is 10.2 Å². The summed E-state index contributed by atoms with van der Waals surface area (Å²) in [5.41, 5.74) is -0.800. The van der Waals surface area contributed by atoms with Gasteiger partial charge in [-0.2, -0.15) is 13.2 Å². The molecule has 0 saturated carbocycles. The van der Waals surface area contributed by atoms with Crippen molar-refractivity contribution < 1.29 is 13.2 Å². The van der Waals surface area contributed by atoms with Gasteiger partial charge in [0.15, 0.2) is 0 Å². The SMILES string of the molecule is O=c1[nH]c(Cn2cc(C(F)(F)F)ccc2=O)nc2sc3c(c12)CCC3. The second-order valence-electron chi connectivity index (χ2n) is 5.93. The number of hydrogen-bond acceptors (Lipinski definition) is 4. The minimum absolute atomic E-state index is 0.166. The summed E-state index contributed by atoms with van der Waals surface area (Å²) in [4.78, 5) is 32.9. The van der Waals surface area contributed by atoms with Crippen molar-refractivity contribution in [2.24, 2.45) is 0 Å². The number of nitrogens with zero attached hydrogens (tertiary/aromatic N) is 2. The zero-order valence-corrected chi connectivity index (χ0v) is 13.6. The summed E-state index contributed by atoms with van der Waals surface area (Å²) in [6.07, 6.45) is -1.04. The topological polar surface area (TPSA) is 67.8 Å². The molecule has 3 aromatic heterocycles. The zero-order valence-electron chi connectivity index (χ0n) is 12.8. The Labute approximate surface area is 142 Å². The molecule has 0 fully saturated rings. The third kappa shape index (κ3) is 2.78. The van der Waals surface area contributed by atoms with Crippen molar-refractivity contribution in [3.63, 3.8) is 0 Å². The monoisotopic (exact) mass is 367 g/mol. The molecule has 4 rings (SSSR count). The Hall–Kier alpha value is -2.42. The molecule has 25 heavy (non-hydrogen) atoms. The van der Waals surface area contributed by atoms with Gasteiger partial charge in [-0.25, -0.2) is 4.98 Å². The first kappa shape index (κ1) is 16.1. The number of rotatable bonds is 2. The van der Waals surface area contributed by atoms with Crippen molar-refractivity contribution in [1.29, 1.82) is 0 Å². The second-order valence-corrected chi connectivity index (χ2v) is 7.02. The third-order valence-electron chi connectivity index (χ3n) is 4.26. The number of halogens is 3. The average Bonchev–Trinajstić information content (AvgIpc) is 3.08. The van der Waals surface area contributed by atoms with Gasteiger partial charge in [-0.1, -0.05) is 0 Å². The van der Waals surface area contributed by atoms with E-state index < -0.39 is 17.3 Å². The molecule has 0 aromatic carbocycles. The Morgan fingerprint density at radius 3 is 2.80 bits per heavy atom. The molecular weight excluding hydrogens is 355 g/mol. The Bertz CT molecular complexity index is 1090. The summed E-state index contributed by atoms with van der Waals surface area (Å²) in [5, 5.41) is 0.567. The van der Waals surface area contributed by atoms with E-state index in [-0.39, 0.29) is 17.9 Å². The summed E-state index contributed by atoms with van der Waals surface area (Å²) >= 11 is 1.44. The molecule has 0 saturated heterocycles. The smallest absolute Gasteiger partial charge is 0.308 e. The highest BCUT2D eigenvalue weighted by atomic mass is 32.1. The fraction of sp³-hybridized carbons (Fsp3) is 0.312. The van der Waals surface area contributed by atoms with Crippen molar-refractivity contribution >= 4 is 21.6 Å². The van der Waals surface area contributed by atoms with E-state index in [9.17, 15) is 22.8 Å². The quantitative estimate of drug-likeness (QED) is 0.757. The highest BCUT2D eigenvalue weighted by Crippen LogP contribution is 2.34. The first-order valence-electron chi connectivity index (χ1n) is 7.64. The second kappa shape index (κ2) is 5.55. The minimum Gasteiger partial charge on any atom is -0.308 e. The van der Waals surface area contributed by atoms with E-state index in [0.717, 1.165) is 52.6 Å². The van der Waals surface area contributed by atoms with E-state index in [0.29, 0.717) is 10.2 Å². The maximum absolute atomic E-state index is 12.8. The van der Waals surface area contributed by atoms with E-state index in [1.54, 1.807) is 0 Å². The summed E-state index contributed by atoms with van der Waals surface area (Å²) in [7, 11) is 0. The normalized spacial score (nSPS) is 14.2. The van der Waals surface area contributed by atoms with Crippen molar-refractivity contribution in [3.05, 3.63) is 60.9 Å². The number of pyridine rings is 1. The number of fused-ring (bicyclic) bond motifs is 3. The Morgan fingerprint density at radius 2 is 2.04 bits per heavy atom. The Kier molecular flexibility index (Phi) is 3.57. The average molecular weight is 367 g/mol. The van der Waals surface area contributed by atoms with Crippen molar-refractivity contribution in [2.45, 2.75) is 32.0 Å². The van der Waals surface area contributed by atoms with Crippen LogP contribution in [0.3, 0.4) is 0 Å². The fourth-order valence-electron chi connectivity index (χ4n) is 3.11. The summed E-state index contributed by atoms with van der Waals surface area (Å²) < 4.78 is 39.3. The van der Waals surface area contributed by atoms with Gasteiger partial charge in [0, 0.05) is 17.1 Å². The van der Waals surface area contributed by atoms with E-state index in [1.165, 1.54) is 11.3 Å². The first-order chi connectivity index (χ1) is 11.8. The van der Waals surface area contributed by atoms with Gasteiger partial charge in [0.2, 0.25) is 0 Å². The van der Waals surface area contributed by atoms with Gasteiger partial charge < -0.3 is 9.55 Å². The van der Waals surface area contributed by atoms with Crippen LogP contribution in [0.5, 0.6) is 0 Å². The molecule has 9 heteroatoms. The van der Waals surface area contributed by atoms with Crippen LogP contribution in [0.2, 0.25) is 0 Å². The third-order valence-corrected chi connectivity index (χ3v) is 5.44. The fourth-order valence-corrected chi connectivity index (χ4v) is 4.39. The number of aromatic amines is 1. The van der Waals surface area contributed by atoms with Crippen LogP contribution in [0.4, 0.5) is 13.2 Å². The molecule has 0 spiro atoms. The molecule has 0 radical (unpaired) electrons. The number of aromatic nitrogens is 3. The first-order valence-corrected chi connectivity index (χ1v) is 8.46. The summed E-state index contributed by atoms with van der Waals surface area (Å²) in [6.45, 7) is -0.226. The van der Waals surface area contributed by atoms with Gasteiger partial charge >= 0.3 is 6.18 Å². The van der Waals surface area contributed by atoms with Gasteiger partial charge in [0.05, 0.1) is 17.5 Å². The molecule has 0 bridgehead atoms. The maximum Gasteiger partial charge on any atom is 0.417 e. The predicted molar refractivity (Wildman–Crippen MR) is 87.1 cm³/mol. The number of H-pyrrole nitrogens is 1. The molecule has 0 aliphatic heterocycles. The Morgan fingerprint density at radius 1 is 1.24 bits per heavy atom. The molecule has 1 N–H and O–H groups in total. The predicted octanol–water partition coefficient (Wildman–Crippen LogP) is 2.70. The number of alkyl halides is 3. The van der Waals surface area contributed by atoms with Gasteiger partial charge in [-0.05, 0) is 30.9 Å². The van der Waals surface area contributed by atoms with Gasteiger partial charge in [-0.15, -0.1) is 11.3 Å². The molecule has 0 unspecified atom stereocenters. The standard InChI is InChI=1S/C16H12F3N3O2S/c17-16(18,19)8-4-5-12(23)22(6-8)7-11-20-14(24)13-9-2-1-3-10(9)25-15(13)21-11/h4-6H,1-3,7H2,(H,20,21,24). The van der Waals surface area contributed by atoms with Crippen molar-refractivity contribution in [3.8, 4) is 0 Å². The van der Waals surface area contributed by atoms with E-state index in [2.05, 4.69) is 9.97 Å². The molecule has 5 nitrogen and oxygen atoms in total. The molecule has 130 valence electrons. The molecule has 1 aliphatic carbocycles. The summed E-state index contributed by atoms with van der Waals surface area (Å²) in [6, 6.07) is 1.60. The highest BCUT2D eigenvalue weighted by molar-refractivity contribution is 7.18. The Balaban J connectivity index is 1.77. The largest absolute Gasteiger partial charge is 0.417 e. The van der Waals surface area contributed by atoms with Gasteiger partial charge in [0.25, 0.3) is 11.1 Å².